The van der Waals surface area contributed by atoms with Crippen molar-refractivity contribution in [2.75, 3.05) is 27.9 Å². The van der Waals surface area contributed by atoms with E-state index in [0.29, 0.717) is 35.5 Å². The maximum Gasteiger partial charge on any atom is 0.282 e. The lowest BCUT2D eigenvalue weighted by Gasteiger charge is -2.17. The summed E-state index contributed by atoms with van der Waals surface area (Å²) in [7, 11) is 4.63. The Labute approximate surface area is 169 Å². The molecular formula is C21H26N4O4. The number of methoxy groups -OCH3 is 1. The predicted molar refractivity (Wildman–Crippen MR) is 109 cm³/mol. The van der Waals surface area contributed by atoms with Crippen LogP contribution in [-0.2, 0) is 11.4 Å². The molecule has 0 unspecified atom stereocenters. The van der Waals surface area contributed by atoms with Crippen LogP contribution < -0.4 is 9.47 Å². The number of unbranched alkanes of at least 4 members (excludes halogenated alkanes) is 1. The summed E-state index contributed by atoms with van der Waals surface area (Å²) in [5.41, 5.74) is 2.07. The molecule has 29 heavy (non-hydrogen) atoms. The van der Waals surface area contributed by atoms with Crippen molar-refractivity contribution >= 4 is 16.9 Å². The zero-order valence-electron chi connectivity index (χ0n) is 17.2. The molecule has 0 saturated heterocycles. The van der Waals surface area contributed by atoms with Crippen molar-refractivity contribution < 1.29 is 19.1 Å². The molecule has 0 saturated carbocycles. The number of carbonyl (C=O) groups excluding carboxylic acids is 1. The molecule has 8 nitrogen and oxygen atoms in total. The molecule has 0 aliphatic carbocycles. The van der Waals surface area contributed by atoms with Gasteiger partial charge in [0.15, 0.2) is 5.65 Å². The highest BCUT2D eigenvalue weighted by molar-refractivity contribution is 6.01. The minimum atomic E-state index is -0.323. The first kappa shape index (κ1) is 20.6. The maximum atomic E-state index is 12.7. The molecule has 0 atom stereocenters. The fraction of sp³-hybridized carbons (Fsp3) is 0.381. The topological polar surface area (TPSA) is 78.7 Å². The quantitative estimate of drug-likeness (QED) is 0.406. The first-order valence-corrected chi connectivity index (χ1v) is 9.51. The van der Waals surface area contributed by atoms with E-state index in [4.69, 9.17) is 14.3 Å². The molecule has 0 aliphatic rings. The minimum absolute atomic E-state index is 0.323. The van der Waals surface area contributed by atoms with Crippen molar-refractivity contribution in [3.8, 4) is 11.5 Å². The van der Waals surface area contributed by atoms with Gasteiger partial charge in [0.1, 0.15) is 17.1 Å². The number of nitrogens with zero attached hydrogens (tertiary/aromatic N) is 4. The molecular weight excluding hydrogens is 372 g/mol. The molecule has 2 heterocycles. The third-order valence-corrected chi connectivity index (χ3v) is 4.64. The predicted octanol–water partition coefficient (Wildman–Crippen LogP) is 3.30. The van der Waals surface area contributed by atoms with Gasteiger partial charge in [-0.3, -0.25) is 9.63 Å². The second-order valence-corrected chi connectivity index (χ2v) is 6.58. The Morgan fingerprint density at radius 1 is 1.17 bits per heavy atom. The number of hydrogen-bond donors (Lipinski definition) is 0. The highest BCUT2D eigenvalue weighted by atomic mass is 16.7. The summed E-state index contributed by atoms with van der Waals surface area (Å²) in [6, 6.07) is 7.78. The van der Waals surface area contributed by atoms with E-state index in [1.165, 1.54) is 13.3 Å². The molecule has 0 radical (unpaired) electrons. The number of hydroxylamine groups is 2. The highest BCUT2D eigenvalue weighted by Crippen LogP contribution is 2.30. The number of rotatable bonds is 9. The van der Waals surface area contributed by atoms with Gasteiger partial charge in [-0.2, -0.15) is 5.10 Å². The Hall–Kier alpha value is -3.13. The van der Waals surface area contributed by atoms with Gasteiger partial charge in [0.2, 0.25) is 0 Å². The van der Waals surface area contributed by atoms with Crippen LogP contribution in [0.15, 0.2) is 36.7 Å². The van der Waals surface area contributed by atoms with Crippen LogP contribution >= 0.6 is 0 Å². The Morgan fingerprint density at radius 2 is 1.93 bits per heavy atom. The number of ether oxygens (including phenoxy) is 2. The summed E-state index contributed by atoms with van der Waals surface area (Å²) in [5.74, 6) is 0.962. The first-order chi connectivity index (χ1) is 14.1. The molecule has 8 heteroatoms. The zero-order chi connectivity index (χ0) is 20.8. The van der Waals surface area contributed by atoms with Gasteiger partial charge in [0.05, 0.1) is 39.0 Å². The van der Waals surface area contributed by atoms with Crippen LogP contribution in [0.25, 0.3) is 11.0 Å². The average molecular weight is 398 g/mol. The molecule has 1 aromatic carbocycles. The lowest BCUT2D eigenvalue weighted by Crippen LogP contribution is -2.26. The standard InChI is InChI=1S/C21H26N4O4/c1-5-6-11-29-19-17-13-23-25(14-15-7-9-16(27-3)10-8-15)20(17)22-12-18(19)21(26)24(2)28-4/h7-10,12-13H,5-6,11,14H2,1-4H3. The fourth-order valence-corrected chi connectivity index (χ4v) is 2.90. The van der Waals surface area contributed by atoms with Crippen molar-refractivity contribution in [3.63, 3.8) is 0 Å². The van der Waals surface area contributed by atoms with Gasteiger partial charge >= 0.3 is 0 Å². The summed E-state index contributed by atoms with van der Waals surface area (Å²) >= 11 is 0. The van der Waals surface area contributed by atoms with Crippen molar-refractivity contribution in [1.82, 2.24) is 19.8 Å². The molecule has 2 aromatic heterocycles. The van der Waals surface area contributed by atoms with Crippen molar-refractivity contribution in [2.24, 2.45) is 0 Å². The van der Waals surface area contributed by atoms with Crippen molar-refractivity contribution in [2.45, 2.75) is 26.3 Å². The van der Waals surface area contributed by atoms with E-state index in [9.17, 15) is 4.79 Å². The second-order valence-electron chi connectivity index (χ2n) is 6.58. The third kappa shape index (κ3) is 4.48. The monoisotopic (exact) mass is 398 g/mol. The van der Waals surface area contributed by atoms with Crippen LogP contribution in [0.4, 0.5) is 0 Å². The van der Waals surface area contributed by atoms with E-state index in [1.54, 1.807) is 25.0 Å². The molecule has 0 spiro atoms. The van der Waals surface area contributed by atoms with Crippen molar-refractivity contribution in [3.05, 3.63) is 47.8 Å². The molecule has 154 valence electrons. The van der Waals surface area contributed by atoms with Gasteiger partial charge in [-0.25, -0.2) is 14.7 Å². The van der Waals surface area contributed by atoms with E-state index in [2.05, 4.69) is 17.0 Å². The van der Waals surface area contributed by atoms with Gasteiger partial charge in [-0.1, -0.05) is 25.5 Å². The zero-order valence-corrected chi connectivity index (χ0v) is 17.2. The lowest BCUT2D eigenvalue weighted by molar-refractivity contribution is -0.0758. The summed E-state index contributed by atoms with van der Waals surface area (Å²) in [5, 5.41) is 6.32. The molecule has 0 aliphatic heterocycles. The van der Waals surface area contributed by atoms with E-state index in [0.717, 1.165) is 29.2 Å². The summed E-state index contributed by atoms with van der Waals surface area (Å²) in [6.07, 6.45) is 5.09. The number of hydrogen-bond acceptors (Lipinski definition) is 6. The van der Waals surface area contributed by atoms with Gasteiger partial charge in [-0.05, 0) is 24.1 Å². The number of amides is 1. The Bertz CT molecular complexity index is 969. The van der Waals surface area contributed by atoms with Crippen LogP contribution in [-0.4, -0.2) is 53.6 Å². The van der Waals surface area contributed by atoms with E-state index in [1.807, 2.05) is 24.3 Å². The van der Waals surface area contributed by atoms with Crippen LogP contribution in [0.3, 0.4) is 0 Å². The van der Waals surface area contributed by atoms with Crippen LogP contribution in [0, 0.1) is 0 Å². The number of aromatic nitrogens is 3. The van der Waals surface area contributed by atoms with Crippen LogP contribution in [0.5, 0.6) is 11.5 Å². The molecule has 0 fully saturated rings. The lowest BCUT2D eigenvalue weighted by atomic mass is 10.2. The van der Waals surface area contributed by atoms with Crippen LogP contribution in [0.2, 0.25) is 0 Å². The second kappa shape index (κ2) is 9.38. The Balaban J connectivity index is 1.98. The summed E-state index contributed by atoms with van der Waals surface area (Å²) in [4.78, 5) is 22.2. The van der Waals surface area contributed by atoms with Gasteiger partial charge in [0, 0.05) is 13.2 Å². The number of pyridine rings is 1. The smallest absolute Gasteiger partial charge is 0.282 e. The SMILES string of the molecule is CCCCOc1c(C(=O)N(C)OC)cnc2c1cnn2Cc1ccc(OC)cc1. The minimum Gasteiger partial charge on any atom is -0.497 e. The average Bonchev–Trinajstić information content (AvgIpc) is 3.16. The third-order valence-electron chi connectivity index (χ3n) is 4.64. The molecule has 0 N–H and O–H groups in total. The molecule has 3 rings (SSSR count). The fourth-order valence-electron chi connectivity index (χ4n) is 2.90. The number of carbonyl (C=O) groups is 1. The van der Waals surface area contributed by atoms with Crippen LogP contribution in [0.1, 0.15) is 35.7 Å². The summed E-state index contributed by atoms with van der Waals surface area (Å²) in [6.45, 7) is 3.14. The number of benzene rings is 1. The Kier molecular flexibility index (Phi) is 6.66. The summed E-state index contributed by atoms with van der Waals surface area (Å²) < 4.78 is 13.0. The van der Waals surface area contributed by atoms with Gasteiger partial charge < -0.3 is 9.47 Å². The normalized spacial score (nSPS) is 10.9. The Morgan fingerprint density at radius 3 is 2.59 bits per heavy atom. The van der Waals surface area contributed by atoms with Gasteiger partial charge in [0.25, 0.3) is 5.91 Å². The first-order valence-electron chi connectivity index (χ1n) is 9.51. The van der Waals surface area contributed by atoms with Gasteiger partial charge in [-0.15, -0.1) is 0 Å². The highest BCUT2D eigenvalue weighted by Gasteiger charge is 2.22. The van der Waals surface area contributed by atoms with E-state index in [-0.39, 0.29) is 5.91 Å². The van der Waals surface area contributed by atoms with E-state index < -0.39 is 0 Å². The van der Waals surface area contributed by atoms with E-state index >= 15 is 0 Å². The molecule has 0 bridgehead atoms. The molecule has 3 aromatic rings. The number of fused-ring (bicyclic) bond motifs is 1. The van der Waals surface area contributed by atoms with Crippen molar-refractivity contribution in [1.29, 1.82) is 0 Å². The molecule has 1 amide bonds. The largest absolute Gasteiger partial charge is 0.497 e. The maximum absolute atomic E-state index is 12.7.